The van der Waals surface area contributed by atoms with E-state index < -0.39 is 28.2 Å². The summed E-state index contributed by atoms with van der Waals surface area (Å²) in [7, 11) is 4.19. The van der Waals surface area contributed by atoms with Crippen LogP contribution in [0.15, 0.2) is 33.5 Å². The van der Waals surface area contributed by atoms with Crippen molar-refractivity contribution in [3.8, 4) is 34.3 Å². The maximum absolute atomic E-state index is 13.9. The van der Waals surface area contributed by atoms with Crippen LogP contribution in [0.3, 0.4) is 0 Å². The Bertz CT molecular complexity index is 1060. The Labute approximate surface area is 146 Å². The molecule has 6 nitrogen and oxygen atoms in total. The summed E-state index contributed by atoms with van der Waals surface area (Å²) in [6.45, 7) is 0. The van der Waals surface area contributed by atoms with Crippen LogP contribution < -0.4 is 19.6 Å². The van der Waals surface area contributed by atoms with E-state index in [9.17, 15) is 18.7 Å². The maximum atomic E-state index is 13.9. The Balaban J connectivity index is 2.39. The Morgan fingerprint density at radius 1 is 0.923 bits per heavy atom. The SMILES string of the molecule is COc1cc(OC)c(-c2oc3cc(F)cc(F)c3c(=O)c2O)cc1OC. The van der Waals surface area contributed by atoms with E-state index in [0.717, 1.165) is 6.07 Å². The van der Waals surface area contributed by atoms with E-state index in [0.29, 0.717) is 11.8 Å². The Morgan fingerprint density at radius 3 is 2.15 bits per heavy atom. The van der Waals surface area contributed by atoms with Gasteiger partial charge in [0.25, 0.3) is 0 Å². The molecule has 8 heteroatoms. The first-order chi connectivity index (χ1) is 12.4. The summed E-state index contributed by atoms with van der Waals surface area (Å²) in [6, 6.07) is 4.27. The van der Waals surface area contributed by atoms with E-state index in [1.54, 1.807) is 0 Å². The highest BCUT2D eigenvalue weighted by molar-refractivity contribution is 5.84. The van der Waals surface area contributed by atoms with Crippen molar-refractivity contribution in [2.45, 2.75) is 0 Å². The molecule has 1 aromatic heterocycles. The van der Waals surface area contributed by atoms with Crippen molar-refractivity contribution in [2.75, 3.05) is 21.3 Å². The van der Waals surface area contributed by atoms with Crippen molar-refractivity contribution in [3.05, 3.63) is 46.1 Å². The van der Waals surface area contributed by atoms with Crippen molar-refractivity contribution in [1.29, 1.82) is 0 Å². The normalized spacial score (nSPS) is 10.8. The minimum Gasteiger partial charge on any atom is -0.502 e. The smallest absolute Gasteiger partial charge is 0.238 e. The summed E-state index contributed by atoms with van der Waals surface area (Å²) in [5, 5.41) is 9.71. The van der Waals surface area contributed by atoms with Crippen molar-refractivity contribution >= 4 is 11.0 Å². The second-order valence-electron chi connectivity index (χ2n) is 5.28. The first-order valence-corrected chi connectivity index (χ1v) is 7.36. The van der Waals surface area contributed by atoms with E-state index in [1.807, 2.05) is 0 Å². The predicted octanol–water partition coefficient (Wildman–Crippen LogP) is 3.47. The van der Waals surface area contributed by atoms with Gasteiger partial charge in [-0.2, -0.15) is 0 Å². The Kier molecular flexibility index (Phi) is 4.41. The monoisotopic (exact) mass is 364 g/mol. The molecule has 136 valence electrons. The topological polar surface area (TPSA) is 78.1 Å². The van der Waals surface area contributed by atoms with Crippen LogP contribution in [-0.4, -0.2) is 26.4 Å². The molecule has 0 unspecified atom stereocenters. The van der Waals surface area contributed by atoms with Crippen LogP contribution in [-0.2, 0) is 0 Å². The van der Waals surface area contributed by atoms with Gasteiger partial charge in [0.1, 0.15) is 28.4 Å². The molecule has 2 aromatic carbocycles. The third-order valence-electron chi connectivity index (χ3n) is 3.84. The van der Waals surface area contributed by atoms with E-state index in [4.69, 9.17) is 18.6 Å². The van der Waals surface area contributed by atoms with Gasteiger partial charge in [-0.3, -0.25) is 4.79 Å². The van der Waals surface area contributed by atoms with Crippen molar-refractivity contribution in [3.63, 3.8) is 0 Å². The molecule has 0 radical (unpaired) electrons. The molecule has 0 aliphatic rings. The number of halogens is 2. The minimum atomic E-state index is -1.13. The number of methoxy groups -OCH3 is 3. The largest absolute Gasteiger partial charge is 0.502 e. The quantitative estimate of drug-likeness (QED) is 0.764. The van der Waals surface area contributed by atoms with Gasteiger partial charge in [-0.25, -0.2) is 8.78 Å². The Hall–Kier alpha value is -3.29. The van der Waals surface area contributed by atoms with Gasteiger partial charge < -0.3 is 23.7 Å². The highest BCUT2D eigenvalue weighted by Crippen LogP contribution is 2.43. The summed E-state index contributed by atoms with van der Waals surface area (Å²) in [5.41, 5.74) is -1.24. The molecule has 0 fully saturated rings. The maximum Gasteiger partial charge on any atom is 0.238 e. The zero-order valence-electron chi connectivity index (χ0n) is 14.1. The molecule has 1 N–H and O–H groups in total. The molecule has 3 aromatic rings. The number of aromatic hydroxyl groups is 1. The van der Waals surface area contributed by atoms with Gasteiger partial charge in [-0.05, 0) is 6.07 Å². The second kappa shape index (κ2) is 6.55. The molecule has 1 heterocycles. The number of rotatable bonds is 4. The fourth-order valence-electron chi connectivity index (χ4n) is 2.62. The van der Waals surface area contributed by atoms with Crippen LogP contribution in [0.5, 0.6) is 23.0 Å². The molecule has 0 saturated carbocycles. The fraction of sp³-hybridized carbons (Fsp3) is 0.167. The number of hydrogen-bond acceptors (Lipinski definition) is 6. The number of ether oxygens (including phenoxy) is 3. The lowest BCUT2D eigenvalue weighted by Gasteiger charge is -2.14. The van der Waals surface area contributed by atoms with E-state index >= 15 is 0 Å². The van der Waals surface area contributed by atoms with Crippen LogP contribution in [0.1, 0.15) is 0 Å². The molecule has 0 aliphatic carbocycles. The lowest BCUT2D eigenvalue weighted by molar-refractivity contribution is 0.349. The van der Waals surface area contributed by atoms with E-state index in [-0.39, 0.29) is 28.4 Å². The van der Waals surface area contributed by atoms with Crippen LogP contribution >= 0.6 is 0 Å². The average Bonchev–Trinajstić information content (AvgIpc) is 2.62. The average molecular weight is 364 g/mol. The summed E-state index contributed by atoms with van der Waals surface area (Å²) < 4.78 is 48.4. The highest BCUT2D eigenvalue weighted by Gasteiger charge is 2.23. The number of fused-ring (bicyclic) bond motifs is 1. The summed E-state index contributed by atoms with van der Waals surface area (Å²) >= 11 is 0. The molecule has 0 aliphatic heterocycles. The standard InChI is InChI=1S/C18H14F2O6/c1-23-11-7-13(25-3)12(24-2)6-9(11)18-17(22)16(21)15-10(20)4-8(19)5-14(15)26-18/h4-7,22H,1-3H3. The molecular weight excluding hydrogens is 350 g/mol. The second-order valence-corrected chi connectivity index (χ2v) is 5.28. The van der Waals surface area contributed by atoms with Gasteiger partial charge in [0, 0.05) is 18.2 Å². The van der Waals surface area contributed by atoms with Crippen LogP contribution in [0.2, 0.25) is 0 Å². The summed E-state index contributed by atoms with van der Waals surface area (Å²) in [6.07, 6.45) is 0. The van der Waals surface area contributed by atoms with Crippen LogP contribution in [0.25, 0.3) is 22.3 Å². The van der Waals surface area contributed by atoms with Gasteiger partial charge >= 0.3 is 0 Å². The lowest BCUT2D eigenvalue weighted by atomic mass is 10.1. The lowest BCUT2D eigenvalue weighted by Crippen LogP contribution is -2.06. The fourth-order valence-corrected chi connectivity index (χ4v) is 2.62. The third-order valence-corrected chi connectivity index (χ3v) is 3.84. The zero-order chi connectivity index (χ0) is 19.0. The van der Waals surface area contributed by atoms with Crippen LogP contribution in [0.4, 0.5) is 8.78 Å². The van der Waals surface area contributed by atoms with Gasteiger partial charge in [-0.15, -0.1) is 0 Å². The van der Waals surface area contributed by atoms with E-state index in [1.165, 1.54) is 33.5 Å². The zero-order valence-corrected chi connectivity index (χ0v) is 14.1. The summed E-state index contributed by atoms with van der Waals surface area (Å²) in [4.78, 5) is 12.4. The van der Waals surface area contributed by atoms with Gasteiger partial charge in [0.05, 0.1) is 26.9 Å². The molecule has 0 atom stereocenters. The van der Waals surface area contributed by atoms with Crippen molar-refractivity contribution < 1.29 is 32.5 Å². The Morgan fingerprint density at radius 2 is 1.54 bits per heavy atom. The van der Waals surface area contributed by atoms with Gasteiger partial charge in [0.15, 0.2) is 17.3 Å². The van der Waals surface area contributed by atoms with Crippen molar-refractivity contribution in [1.82, 2.24) is 0 Å². The first kappa shape index (κ1) is 17.5. The third kappa shape index (κ3) is 2.69. The van der Waals surface area contributed by atoms with Gasteiger partial charge in [-0.1, -0.05) is 0 Å². The van der Waals surface area contributed by atoms with E-state index in [2.05, 4.69) is 0 Å². The molecule has 0 saturated heterocycles. The van der Waals surface area contributed by atoms with Crippen molar-refractivity contribution in [2.24, 2.45) is 0 Å². The number of hydrogen-bond donors (Lipinski definition) is 1. The molecule has 0 spiro atoms. The van der Waals surface area contributed by atoms with Gasteiger partial charge in [0.2, 0.25) is 11.2 Å². The molecule has 3 rings (SSSR count). The number of benzene rings is 2. The van der Waals surface area contributed by atoms with Crippen LogP contribution in [0, 0.1) is 11.6 Å². The predicted molar refractivity (Wildman–Crippen MR) is 89.2 cm³/mol. The molecular formula is C18H14F2O6. The molecule has 26 heavy (non-hydrogen) atoms. The summed E-state index contributed by atoms with van der Waals surface area (Å²) in [5.74, 6) is -2.40. The highest BCUT2D eigenvalue weighted by atomic mass is 19.1. The minimum absolute atomic E-state index is 0.145. The molecule has 0 bridgehead atoms. The first-order valence-electron chi connectivity index (χ1n) is 7.36. The molecule has 0 amide bonds.